The number of rotatable bonds is 4. The molecule has 0 N–H and O–H groups in total. The van der Waals surface area contributed by atoms with Crippen molar-refractivity contribution in [2.45, 2.75) is 26.5 Å². The maximum atomic E-state index is 12.2. The average Bonchev–Trinajstić information content (AvgIpc) is 3.01. The second-order valence-corrected chi connectivity index (χ2v) is 6.25. The van der Waals surface area contributed by atoms with Gasteiger partial charge in [-0.3, -0.25) is 19.7 Å². The smallest absolute Gasteiger partial charge is 0.308 e. The molecular weight excluding hydrogens is 366 g/mol. The van der Waals surface area contributed by atoms with E-state index in [9.17, 15) is 19.7 Å². The van der Waals surface area contributed by atoms with Crippen LogP contribution >= 0.6 is 0 Å². The van der Waals surface area contributed by atoms with Gasteiger partial charge in [-0.1, -0.05) is 6.07 Å². The Labute approximate surface area is 160 Å². The molecule has 28 heavy (non-hydrogen) atoms. The molecule has 0 unspecified atom stereocenters. The van der Waals surface area contributed by atoms with Crippen molar-refractivity contribution in [1.82, 2.24) is 5.01 Å². The normalized spacial score (nSPS) is 18.2. The molecule has 0 radical (unpaired) electrons. The van der Waals surface area contributed by atoms with Gasteiger partial charge in [0.1, 0.15) is 5.75 Å². The lowest BCUT2D eigenvalue weighted by molar-refractivity contribution is -0.384. The summed E-state index contributed by atoms with van der Waals surface area (Å²) in [4.78, 5) is 33.7. The lowest BCUT2D eigenvalue weighted by Crippen LogP contribution is -2.41. The molecule has 2 aromatic rings. The first kappa shape index (κ1) is 19.0. The van der Waals surface area contributed by atoms with Crippen molar-refractivity contribution >= 4 is 23.5 Å². The quantitative estimate of drug-likeness (QED) is 0.347. The number of ether oxygens (including phenoxy) is 2. The monoisotopic (exact) mass is 383 g/mol. The number of hydrazone groups is 1. The molecular formula is C19H17N3O6. The number of benzene rings is 2. The summed E-state index contributed by atoms with van der Waals surface area (Å²) in [6.45, 7) is 4.30. The number of esters is 1. The van der Waals surface area contributed by atoms with Gasteiger partial charge in [-0.15, -0.1) is 5.10 Å². The highest BCUT2D eigenvalue weighted by molar-refractivity contribution is 5.97. The van der Waals surface area contributed by atoms with Crippen LogP contribution in [0.2, 0.25) is 0 Å². The van der Waals surface area contributed by atoms with Crippen LogP contribution in [0.5, 0.6) is 5.75 Å². The molecule has 1 aliphatic heterocycles. The lowest BCUT2D eigenvalue weighted by Gasteiger charge is -2.31. The predicted molar refractivity (Wildman–Crippen MR) is 98.3 cm³/mol. The molecule has 0 aromatic heterocycles. The Morgan fingerprint density at radius 3 is 2.43 bits per heavy atom. The van der Waals surface area contributed by atoms with E-state index in [-0.39, 0.29) is 17.5 Å². The second kappa shape index (κ2) is 7.10. The maximum Gasteiger partial charge on any atom is 0.308 e. The largest absolute Gasteiger partial charge is 0.443 e. The lowest BCUT2D eigenvalue weighted by atomic mass is 10.0. The standard InChI is InChI=1S/C19H17N3O6/c1-12(23)21-19(3,15-7-9-17(10-8-15)27-13(2)24)28-18(20-21)14-5-4-6-16(11-14)22(25)26/h4-11H,1-3H3/t19-/m0/s1. The molecule has 0 saturated carbocycles. The summed E-state index contributed by atoms with van der Waals surface area (Å²) in [5, 5.41) is 16.4. The van der Waals surface area contributed by atoms with Gasteiger partial charge in [-0.2, -0.15) is 5.01 Å². The van der Waals surface area contributed by atoms with Crippen LogP contribution in [0.4, 0.5) is 5.69 Å². The van der Waals surface area contributed by atoms with E-state index in [1.54, 1.807) is 37.3 Å². The van der Waals surface area contributed by atoms with E-state index in [0.29, 0.717) is 16.9 Å². The molecule has 1 amide bonds. The Hall–Kier alpha value is -3.75. The molecule has 1 aliphatic rings. The minimum absolute atomic E-state index is 0.0884. The SMILES string of the molecule is CC(=O)Oc1ccc([C@]2(C)OC(c3cccc([N+](=O)[O-])c3)=NN2C(C)=O)cc1. The fraction of sp³-hybridized carbons (Fsp3) is 0.211. The molecule has 3 rings (SSSR count). The number of hydrogen-bond donors (Lipinski definition) is 0. The fourth-order valence-electron chi connectivity index (χ4n) is 2.86. The molecule has 0 saturated heterocycles. The van der Waals surface area contributed by atoms with Crippen LogP contribution in [-0.2, 0) is 20.1 Å². The highest BCUT2D eigenvalue weighted by Gasteiger charge is 2.45. The predicted octanol–water partition coefficient (Wildman–Crippen LogP) is 2.93. The summed E-state index contributed by atoms with van der Waals surface area (Å²) in [7, 11) is 0. The molecule has 0 fully saturated rings. The summed E-state index contributed by atoms with van der Waals surface area (Å²) >= 11 is 0. The number of nitrogens with zero attached hydrogens (tertiary/aromatic N) is 3. The van der Waals surface area contributed by atoms with Crippen LogP contribution in [-0.4, -0.2) is 27.7 Å². The summed E-state index contributed by atoms with van der Waals surface area (Å²) in [6, 6.07) is 12.3. The molecule has 0 bridgehead atoms. The fourth-order valence-corrected chi connectivity index (χ4v) is 2.86. The van der Waals surface area contributed by atoms with Crippen molar-refractivity contribution in [3.05, 3.63) is 69.8 Å². The van der Waals surface area contributed by atoms with Crippen molar-refractivity contribution in [3.8, 4) is 5.75 Å². The van der Waals surface area contributed by atoms with Crippen molar-refractivity contribution in [2.24, 2.45) is 5.10 Å². The topological polar surface area (TPSA) is 111 Å². The van der Waals surface area contributed by atoms with Gasteiger partial charge in [0.15, 0.2) is 0 Å². The number of nitro benzene ring substituents is 1. The first-order valence-corrected chi connectivity index (χ1v) is 8.33. The molecule has 9 heteroatoms. The van der Waals surface area contributed by atoms with E-state index >= 15 is 0 Å². The Bertz CT molecular complexity index is 985. The third-order valence-electron chi connectivity index (χ3n) is 4.14. The van der Waals surface area contributed by atoms with Crippen LogP contribution in [0.15, 0.2) is 53.6 Å². The van der Waals surface area contributed by atoms with E-state index in [1.165, 1.54) is 37.1 Å². The minimum atomic E-state index is -1.26. The molecule has 9 nitrogen and oxygen atoms in total. The van der Waals surface area contributed by atoms with Crippen molar-refractivity contribution < 1.29 is 24.0 Å². The van der Waals surface area contributed by atoms with Gasteiger partial charge in [0.2, 0.25) is 17.5 Å². The molecule has 0 spiro atoms. The zero-order valence-corrected chi connectivity index (χ0v) is 15.4. The third-order valence-corrected chi connectivity index (χ3v) is 4.14. The summed E-state index contributed by atoms with van der Waals surface area (Å²) in [5.41, 5.74) is -0.415. The van der Waals surface area contributed by atoms with Crippen molar-refractivity contribution in [2.75, 3.05) is 0 Å². The number of carbonyl (C=O) groups is 2. The zero-order chi connectivity index (χ0) is 20.5. The van der Waals surface area contributed by atoms with Gasteiger partial charge in [-0.25, -0.2) is 0 Å². The van der Waals surface area contributed by atoms with E-state index in [0.717, 1.165) is 0 Å². The average molecular weight is 383 g/mol. The van der Waals surface area contributed by atoms with Gasteiger partial charge in [0.05, 0.1) is 4.92 Å². The molecule has 144 valence electrons. The van der Waals surface area contributed by atoms with Crippen LogP contribution in [0.3, 0.4) is 0 Å². The van der Waals surface area contributed by atoms with Gasteiger partial charge < -0.3 is 9.47 Å². The highest BCUT2D eigenvalue weighted by atomic mass is 16.6. The number of amides is 1. The number of non-ortho nitro benzene ring substituents is 1. The van der Waals surface area contributed by atoms with Crippen LogP contribution in [0.25, 0.3) is 0 Å². The van der Waals surface area contributed by atoms with Crippen LogP contribution in [0.1, 0.15) is 31.9 Å². The first-order chi connectivity index (χ1) is 13.2. The Balaban J connectivity index is 1.96. The highest BCUT2D eigenvalue weighted by Crippen LogP contribution is 2.37. The van der Waals surface area contributed by atoms with Crippen LogP contribution in [0, 0.1) is 10.1 Å². The second-order valence-electron chi connectivity index (χ2n) is 6.25. The molecule has 0 aliphatic carbocycles. The van der Waals surface area contributed by atoms with Crippen molar-refractivity contribution in [1.29, 1.82) is 0 Å². The third kappa shape index (κ3) is 3.54. The Morgan fingerprint density at radius 2 is 1.86 bits per heavy atom. The Kier molecular flexibility index (Phi) is 4.83. The van der Waals surface area contributed by atoms with E-state index in [1.807, 2.05) is 0 Å². The van der Waals surface area contributed by atoms with Gasteiger partial charge >= 0.3 is 5.97 Å². The van der Waals surface area contributed by atoms with Crippen LogP contribution < -0.4 is 4.74 Å². The molecule has 2 aromatic carbocycles. The number of carbonyl (C=O) groups excluding carboxylic acids is 2. The minimum Gasteiger partial charge on any atom is -0.443 e. The van der Waals surface area contributed by atoms with E-state index in [4.69, 9.17) is 9.47 Å². The summed E-state index contributed by atoms with van der Waals surface area (Å²) < 4.78 is 11.0. The maximum absolute atomic E-state index is 12.2. The van der Waals surface area contributed by atoms with E-state index in [2.05, 4.69) is 5.10 Å². The zero-order valence-electron chi connectivity index (χ0n) is 15.4. The molecule has 1 heterocycles. The van der Waals surface area contributed by atoms with Gasteiger partial charge in [-0.05, 0) is 30.3 Å². The van der Waals surface area contributed by atoms with Crippen molar-refractivity contribution in [3.63, 3.8) is 0 Å². The Morgan fingerprint density at radius 1 is 1.18 bits per heavy atom. The first-order valence-electron chi connectivity index (χ1n) is 8.33. The van der Waals surface area contributed by atoms with E-state index < -0.39 is 16.6 Å². The summed E-state index contributed by atoms with van der Waals surface area (Å²) in [5.74, 6) is -0.373. The van der Waals surface area contributed by atoms with Gasteiger partial charge in [0.25, 0.3) is 5.69 Å². The number of hydrogen-bond acceptors (Lipinski definition) is 7. The number of nitro groups is 1. The van der Waals surface area contributed by atoms with Gasteiger partial charge in [0, 0.05) is 44.0 Å². The summed E-state index contributed by atoms with van der Waals surface area (Å²) in [6.07, 6.45) is 0. The molecule has 1 atom stereocenters.